The van der Waals surface area contributed by atoms with Gasteiger partial charge in [0, 0.05) is 39.1 Å². The lowest BCUT2D eigenvalue weighted by atomic mass is 10.0. The molecule has 0 aromatic carbocycles. The summed E-state index contributed by atoms with van der Waals surface area (Å²) in [5.41, 5.74) is 0. The normalized spacial score (nSPS) is 20.2. The lowest BCUT2D eigenvalue weighted by molar-refractivity contribution is -0.141. The monoisotopic (exact) mass is 292 g/mol. The van der Waals surface area contributed by atoms with Gasteiger partial charge in [-0.15, -0.1) is 0 Å². The number of imidazole rings is 1. The number of carbonyl (C=O) groups excluding carboxylic acids is 1. The zero-order valence-corrected chi connectivity index (χ0v) is 13.6. The third kappa shape index (κ3) is 3.84. The van der Waals surface area contributed by atoms with Crippen molar-refractivity contribution in [3.63, 3.8) is 0 Å². The van der Waals surface area contributed by atoms with E-state index in [0.29, 0.717) is 0 Å². The van der Waals surface area contributed by atoms with E-state index in [0.717, 1.165) is 57.7 Å². The molecule has 1 saturated heterocycles. The van der Waals surface area contributed by atoms with Gasteiger partial charge in [-0.2, -0.15) is 0 Å². The Labute approximate surface area is 127 Å². The van der Waals surface area contributed by atoms with Gasteiger partial charge >= 0.3 is 0 Å². The highest BCUT2D eigenvalue weighted by Crippen LogP contribution is 2.18. The van der Waals surface area contributed by atoms with Crippen molar-refractivity contribution in [3.05, 3.63) is 18.2 Å². The van der Waals surface area contributed by atoms with Crippen molar-refractivity contribution in [1.82, 2.24) is 19.4 Å². The van der Waals surface area contributed by atoms with Crippen molar-refractivity contribution >= 4 is 5.91 Å². The highest BCUT2D eigenvalue weighted by Gasteiger charge is 2.32. The van der Waals surface area contributed by atoms with Gasteiger partial charge in [0.05, 0.1) is 12.6 Å². The highest BCUT2D eigenvalue weighted by atomic mass is 16.2. The Morgan fingerprint density at radius 1 is 1.29 bits per heavy atom. The van der Waals surface area contributed by atoms with E-state index in [1.54, 1.807) is 0 Å². The average Bonchev–Trinajstić information content (AvgIpc) is 2.90. The zero-order valence-electron chi connectivity index (χ0n) is 13.6. The van der Waals surface area contributed by atoms with E-state index >= 15 is 0 Å². The molecule has 0 unspecified atom stereocenters. The quantitative estimate of drug-likeness (QED) is 0.773. The molecule has 0 radical (unpaired) electrons. The van der Waals surface area contributed by atoms with Crippen LogP contribution >= 0.6 is 0 Å². The molecular formula is C16H28N4O. The standard InChI is InChI=1S/C16H28N4O/c1-4-6-7-14-16(21)18(3)11-12-20(14)13-15-17-8-10-19(15)9-5-2/h8,10,14H,4-7,9,11-13H2,1-3H3/t14-/m1/s1. The van der Waals surface area contributed by atoms with Crippen LogP contribution in [0.25, 0.3) is 0 Å². The van der Waals surface area contributed by atoms with E-state index in [1.165, 1.54) is 0 Å². The number of amides is 1. The van der Waals surface area contributed by atoms with Crippen LogP contribution in [0.4, 0.5) is 0 Å². The second kappa shape index (κ2) is 7.59. The highest BCUT2D eigenvalue weighted by molar-refractivity contribution is 5.82. The van der Waals surface area contributed by atoms with Crippen LogP contribution < -0.4 is 0 Å². The second-order valence-electron chi connectivity index (χ2n) is 5.93. The molecule has 5 heteroatoms. The number of unbranched alkanes of at least 4 members (excludes halogenated alkanes) is 1. The smallest absolute Gasteiger partial charge is 0.239 e. The van der Waals surface area contributed by atoms with Gasteiger partial charge in [0.25, 0.3) is 0 Å². The summed E-state index contributed by atoms with van der Waals surface area (Å²) in [4.78, 5) is 21.1. The molecule has 1 atom stereocenters. The summed E-state index contributed by atoms with van der Waals surface area (Å²) in [6, 6.07) is 0.0236. The van der Waals surface area contributed by atoms with Gasteiger partial charge in [0.2, 0.25) is 5.91 Å². The number of nitrogens with zero attached hydrogens (tertiary/aromatic N) is 4. The summed E-state index contributed by atoms with van der Waals surface area (Å²) in [5.74, 6) is 1.35. The molecule has 1 amide bonds. The molecule has 1 aliphatic heterocycles. The number of hydrogen-bond donors (Lipinski definition) is 0. The predicted octanol–water partition coefficient (Wildman–Crippen LogP) is 2.13. The molecule has 0 bridgehead atoms. The second-order valence-corrected chi connectivity index (χ2v) is 5.93. The van der Waals surface area contributed by atoms with Gasteiger partial charge in [0.15, 0.2) is 0 Å². The van der Waals surface area contributed by atoms with E-state index in [9.17, 15) is 4.79 Å². The topological polar surface area (TPSA) is 41.4 Å². The Bertz CT molecular complexity index is 457. The van der Waals surface area contributed by atoms with Crippen LogP contribution in [0.1, 0.15) is 45.4 Å². The number of likely N-dealkylation sites (N-methyl/N-ethyl adjacent to an activating group) is 1. The summed E-state index contributed by atoms with van der Waals surface area (Å²) in [7, 11) is 1.91. The lowest BCUT2D eigenvalue weighted by Crippen LogP contribution is -2.55. The van der Waals surface area contributed by atoms with E-state index in [2.05, 4.69) is 28.3 Å². The summed E-state index contributed by atoms with van der Waals surface area (Å²) in [6.07, 6.45) is 8.19. The van der Waals surface area contributed by atoms with Crippen molar-refractivity contribution in [2.24, 2.45) is 0 Å². The number of aryl methyl sites for hydroxylation is 1. The maximum Gasteiger partial charge on any atom is 0.239 e. The summed E-state index contributed by atoms with van der Waals surface area (Å²) < 4.78 is 2.21. The third-order valence-corrected chi connectivity index (χ3v) is 4.27. The fourth-order valence-electron chi connectivity index (χ4n) is 2.97. The van der Waals surface area contributed by atoms with E-state index in [1.807, 2.05) is 24.3 Å². The molecule has 21 heavy (non-hydrogen) atoms. The summed E-state index contributed by atoms with van der Waals surface area (Å²) in [6.45, 7) is 7.88. The SMILES string of the molecule is CCCC[C@@H]1C(=O)N(C)CCN1Cc1nccn1CCC. The first-order valence-electron chi connectivity index (χ1n) is 8.16. The molecule has 1 aliphatic rings. The molecular weight excluding hydrogens is 264 g/mol. The van der Waals surface area contributed by atoms with Crippen LogP contribution in [0.5, 0.6) is 0 Å². The molecule has 118 valence electrons. The van der Waals surface area contributed by atoms with Crippen LogP contribution in [0.2, 0.25) is 0 Å². The summed E-state index contributed by atoms with van der Waals surface area (Å²) >= 11 is 0. The van der Waals surface area contributed by atoms with Crippen molar-refractivity contribution < 1.29 is 4.79 Å². The van der Waals surface area contributed by atoms with Crippen LogP contribution in [0.15, 0.2) is 12.4 Å². The minimum Gasteiger partial charge on any atom is -0.343 e. The molecule has 2 rings (SSSR count). The lowest BCUT2D eigenvalue weighted by Gasteiger charge is -2.39. The number of aromatic nitrogens is 2. The van der Waals surface area contributed by atoms with Crippen LogP contribution in [0.3, 0.4) is 0 Å². The fraction of sp³-hybridized carbons (Fsp3) is 0.750. The molecule has 5 nitrogen and oxygen atoms in total. The fourth-order valence-corrected chi connectivity index (χ4v) is 2.97. The number of hydrogen-bond acceptors (Lipinski definition) is 3. The first kappa shape index (κ1) is 16.0. The van der Waals surface area contributed by atoms with Gasteiger partial charge in [-0.25, -0.2) is 4.98 Å². The zero-order chi connectivity index (χ0) is 15.2. The van der Waals surface area contributed by atoms with Crippen LogP contribution in [-0.2, 0) is 17.9 Å². The van der Waals surface area contributed by atoms with Crippen molar-refractivity contribution in [1.29, 1.82) is 0 Å². The van der Waals surface area contributed by atoms with Gasteiger partial charge < -0.3 is 9.47 Å². The number of rotatable bonds is 7. The van der Waals surface area contributed by atoms with Crippen LogP contribution in [0, 0.1) is 0 Å². The van der Waals surface area contributed by atoms with Gasteiger partial charge in [-0.1, -0.05) is 26.7 Å². The van der Waals surface area contributed by atoms with E-state index in [-0.39, 0.29) is 11.9 Å². The Kier molecular flexibility index (Phi) is 5.79. The van der Waals surface area contributed by atoms with Gasteiger partial charge in [0.1, 0.15) is 5.82 Å². The Morgan fingerprint density at radius 3 is 2.81 bits per heavy atom. The molecule has 0 N–H and O–H groups in total. The minimum atomic E-state index is 0.0236. The van der Waals surface area contributed by atoms with E-state index in [4.69, 9.17) is 0 Å². The largest absolute Gasteiger partial charge is 0.343 e. The molecule has 0 spiro atoms. The maximum atomic E-state index is 12.4. The van der Waals surface area contributed by atoms with Gasteiger partial charge in [-0.3, -0.25) is 9.69 Å². The molecule has 0 saturated carbocycles. The molecule has 1 aromatic rings. The first-order valence-corrected chi connectivity index (χ1v) is 8.16. The molecule has 1 fully saturated rings. The molecule has 1 aromatic heterocycles. The van der Waals surface area contributed by atoms with Crippen molar-refractivity contribution in [2.45, 2.75) is 58.7 Å². The van der Waals surface area contributed by atoms with Gasteiger partial charge in [-0.05, 0) is 12.8 Å². The number of piperazine rings is 1. The Balaban J connectivity index is 2.08. The van der Waals surface area contributed by atoms with E-state index < -0.39 is 0 Å². The first-order chi connectivity index (χ1) is 10.2. The van der Waals surface area contributed by atoms with Crippen molar-refractivity contribution in [3.8, 4) is 0 Å². The average molecular weight is 292 g/mol. The van der Waals surface area contributed by atoms with Crippen molar-refractivity contribution in [2.75, 3.05) is 20.1 Å². The minimum absolute atomic E-state index is 0.0236. The Morgan fingerprint density at radius 2 is 2.10 bits per heavy atom. The Hall–Kier alpha value is -1.36. The molecule has 2 heterocycles. The predicted molar refractivity (Wildman–Crippen MR) is 83.9 cm³/mol. The number of carbonyl (C=O) groups is 1. The molecule has 0 aliphatic carbocycles. The van der Waals surface area contributed by atoms with Crippen LogP contribution in [-0.4, -0.2) is 51.4 Å². The maximum absolute atomic E-state index is 12.4. The third-order valence-electron chi connectivity index (χ3n) is 4.27. The summed E-state index contributed by atoms with van der Waals surface area (Å²) in [5, 5.41) is 0.